The fourth-order valence-electron chi connectivity index (χ4n) is 3.57. The molecule has 0 fully saturated rings. The summed E-state index contributed by atoms with van der Waals surface area (Å²) in [6.07, 6.45) is 2.10. The van der Waals surface area contributed by atoms with E-state index in [-0.39, 0.29) is 17.4 Å². The molecule has 3 N–H and O–H groups in total. The van der Waals surface area contributed by atoms with Crippen LogP contribution in [0.3, 0.4) is 0 Å². The smallest absolute Gasteiger partial charge is 0.342 e. The summed E-state index contributed by atoms with van der Waals surface area (Å²) in [5.74, 6) is -2.16. The Kier molecular flexibility index (Phi) is 4.78. The molecule has 1 unspecified atom stereocenters. The van der Waals surface area contributed by atoms with E-state index < -0.39 is 23.1 Å². The van der Waals surface area contributed by atoms with Crippen LogP contribution < -0.4 is 11.0 Å². The molecule has 2 aromatic carbocycles. The lowest BCUT2D eigenvalue weighted by Gasteiger charge is -2.25. The molecular formula is C21H18N4O5. The molecular weight excluding hydrogens is 388 g/mol. The first kappa shape index (κ1) is 19.3. The summed E-state index contributed by atoms with van der Waals surface area (Å²) in [4.78, 5) is 39.7. The quantitative estimate of drug-likeness (QED) is 0.567. The van der Waals surface area contributed by atoms with Gasteiger partial charge in [0.25, 0.3) is 5.56 Å². The summed E-state index contributed by atoms with van der Waals surface area (Å²) in [6.45, 7) is 1.81. The van der Waals surface area contributed by atoms with Gasteiger partial charge < -0.3 is 10.2 Å². The first-order valence-electron chi connectivity index (χ1n) is 9.30. The van der Waals surface area contributed by atoms with Crippen LogP contribution in [0.4, 0.5) is 5.69 Å². The number of aromatic nitrogens is 2. The third kappa shape index (κ3) is 3.30. The fourth-order valence-corrected chi connectivity index (χ4v) is 3.57. The molecule has 0 bridgehead atoms. The van der Waals surface area contributed by atoms with Crippen LogP contribution in [-0.2, 0) is 0 Å². The maximum absolute atomic E-state index is 12.6. The Labute approximate surface area is 170 Å². The predicted octanol–water partition coefficient (Wildman–Crippen LogP) is 2.96. The monoisotopic (exact) mass is 406 g/mol. The molecule has 0 saturated heterocycles. The molecule has 4 rings (SSSR count). The van der Waals surface area contributed by atoms with Gasteiger partial charge in [0.2, 0.25) is 0 Å². The summed E-state index contributed by atoms with van der Waals surface area (Å²) in [5.41, 5.74) is 2.59. The van der Waals surface area contributed by atoms with Crippen molar-refractivity contribution in [1.82, 2.24) is 9.55 Å². The van der Waals surface area contributed by atoms with Crippen LogP contribution in [0.5, 0.6) is 0 Å². The summed E-state index contributed by atoms with van der Waals surface area (Å²) < 4.78 is 1.33. The lowest BCUT2D eigenvalue weighted by molar-refractivity contribution is 0.0684. The molecule has 1 atom stereocenters. The third-order valence-corrected chi connectivity index (χ3v) is 5.15. The van der Waals surface area contributed by atoms with Gasteiger partial charge in [-0.05, 0) is 42.7 Å². The zero-order valence-corrected chi connectivity index (χ0v) is 16.0. The Hall–Kier alpha value is -4.01. The van der Waals surface area contributed by atoms with Crippen molar-refractivity contribution in [2.75, 3.05) is 5.43 Å². The minimum absolute atomic E-state index is 0.0637. The Bertz CT molecular complexity index is 1280. The molecule has 3 aromatic rings. The van der Waals surface area contributed by atoms with Crippen molar-refractivity contribution < 1.29 is 19.8 Å². The molecule has 152 valence electrons. The molecule has 30 heavy (non-hydrogen) atoms. The summed E-state index contributed by atoms with van der Waals surface area (Å²) in [6, 6.07) is 10.4. The van der Waals surface area contributed by atoms with E-state index in [4.69, 9.17) is 0 Å². The lowest BCUT2D eigenvalue weighted by atomic mass is 10.0. The van der Waals surface area contributed by atoms with Crippen LogP contribution in [0.15, 0.2) is 52.5 Å². The van der Waals surface area contributed by atoms with Gasteiger partial charge in [-0.3, -0.25) is 14.8 Å². The predicted molar refractivity (Wildman–Crippen MR) is 110 cm³/mol. The van der Waals surface area contributed by atoms with Gasteiger partial charge in [-0.25, -0.2) is 14.6 Å². The van der Waals surface area contributed by atoms with Gasteiger partial charge in [0.1, 0.15) is 11.3 Å². The van der Waals surface area contributed by atoms with E-state index in [0.717, 1.165) is 17.0 Å². The first-order valence-corrected chi connectivity index (χ1v) is 9.30. The van der Waals surface area contributed by atoms with E-state index in [1.54, 1.807) is 12.1 Å². The van der Waals surface area contributed by atoms with Gasteiger partial charge in [0.05, 0.1) is 11.3 Å². The number of hydrogen-bond acceptors (Lipinski definition) is 6. The van der Waals surface area contributed by atoms with Crippen LogP contribution >= 0.6 is 0 Å². The fraction of sp³-hybridized carbons (Fsp3) is 0.190. The highest BCUT2D eigenvalue weighted by molar-refractivity contribution is 6.02. The molecule has 0 radical (unpaired) electrons. The molecule has 2 heterocycles. The number of hydrazone groups is 1. The van der Waals surface area contributed by atoms with Crippen molar-refractivity contribution in [3.63, 3.8) is 0 Å². The van der Waals surface area contributed by atoms with Crippen LogP contribution in [0.25, 0.3) is 10.8 Å². The number of aromatic carboxylic acids is 2. The third-order valence-electron chi connectivity index (χ3n) is 5.15. The SMILES string of the molecule is CC1CC/C(=N\Nc2cc3ccccc3cc2C(=O)O)c2ncc(C(=O)O)c(=O)n21. The first-order chi connectivity index (χ1) is 14.4. The minimum atomic E-state index is -1.33. The van der Waals surface area contributed by atoms with Crippen molar-refractivity contribution >= 4 is 34.1 Å². The second kappa shape index (κ2) is 7.43. The van der Waals surface area contributed by atoms with Gasteiger partial charge in [-0.15, -0.1) is 0 Å². The van der Waals surface area contributed by atoms with Crippen LogP contribution in [0.1, 0.15) is 52.3 Å². The minimum Gasteiger partial charge on any atom is -0.478 e. The Morgan fingerprint density at radius 1 is 1.13 bits per heavy atom. The number of carboxylic acid groups (broad SMARTS) is 2. The van der Waals surface area contributed by atoms with Gasteiger partial charge in [-0.2, -0.15) is 5.10 Å². The normalized spacial score (nSPS) is 17.0. The Morgan fingerprint density at radius 2 is 1.80 bits per heavy atom. The summed E-state index contributed by atoms with van der Waals surface area (Å²) >= 11 is 0. The molecule has 0 saturated carbocycles. The molecule has 1 aliphatic rings. The standard InChI is InChI=1S/C21H18N4O5/c1-11-6-7-16(18-22-10-15(21(29)30)19(26)25(11)18)23-24-17-9-13-5-3-2-4-12(13)8-14(17)20(27)28/h2-5,8-11,24H,6-7H2,1H3,(H,27,28)(H,29,30)/b23-16+. The summed E-state index contributed by atoms with van der Waals surface area (Å²) in [5, 5.41) is 24.7. The highest BCUT2D eigenvalue weighted by Crippen LogP contribution is 2.26. The second-order valence-electron chi connectivity index (χ2n) is 7.08. The van der Waals surface area contributed by atoms with Gasteiger partial charge >= 0.3 is 11.9 Å². The van der Waals surface area contributed by atoms with Crippen molar-refractivity contribution in [2.45, 2.75) is 25.8 Å². The number of carbonyl (C=O) groups is 2. The van der Waals surface area contributed by atoms with E-state index in [1.165, 1.54) is 4.57 Å². The average Bonchev–Trinajstić information content (AvgIpc) is 2.72. The Morgan fingerprint density at radius 3 is 2.47 bits per heavy atom. The Balaban J connectivity index is 1.78. The molecule has 1 aliphatic heterocycles. The van der Waals surface area contributed by atoms with Gasteiger partial charge in [-0.1, -0.05) is 24.3 Å². The summed E-state index contributed by atoms with van der Waals surface area (Å²) in [7, 11) is 0. The van der Waals surface area contributed by atoms with E-state index in [9.17, 15) is 24.6 Å². The average molecular weight is 406 g/mol. The zero-order chi connectivity index (χ0) is 21.4. The zero-order valence-electron chi connectivity index (χ0n) is 16.0. The number of nitrogens with one attached hydrogen (secondary N) is 1. The molecule has 0 spiro atoms. The number of fused-ring (bicyclic) bond motifs is 2. The van der Waals surface area contributed by atoms with Crippen LogP contribution in [0.2, 0.25) is 0 Å². The van der Waals surface area contributed by atoms with Gasteiger partial charge in [0, 0.05) is 12.2 Å². The number of anilines is 1. The number of rotatable bonds is 4. The second-order valence-corrected chi connectivity index (χ2v) is 7.08. The van der Waals surface area contributed by atoms with E-state index >= 15 is 0 Å². The van der Waals surface area contributed by atoms with Crippen LogP contribution in [-0.4, -0.2) is 37.4 Å². The van der Waals surface area contributed by atoms with Crippen molar-refractivity contribution in [3.05, 3.63) is 69.9 Å². The number of benzene rings is 2. The van der Waals surface area contributed by atoms with E-state index in [2.05, 4.69) is 15.5 Å². The van der Waals surface area contributed by atoms with Gasteiger partial charge in [0.15, 0.2) is 5.82 Å². The largest absolute Gasteiger partial charge is 0.478 e. The molecule has 9 nitrogen and oxygen atoms in total. The highest BCUT2D eigenvalue weighted by atomic mass is 16.4. The number of carboxylic acids is 2. The van der Waals surface area contributed by atoms with Crippen molar-refractivity contribution in [2.24, 2.45) is 5.10 Å². The van der Waals surface area contributed by atoms with Crippen molar-refractivity contribution in [1.29, 1.82) is 0 Å². The van der Waals surface area contributed by atoms with Crippen molar-refractivity contribution in [3.8, 4) is 0 Å². The maximum Gasteiger partial charge on any atom is 0.342 e. The molecule has 9 heteroatoms. The highest BCUT2D eigenvalue weighted by Gasteiger charge is 2.26. The number of nitrogens with zero attached hydrogens (tertiary/aromatic N) is 3. The topological polar surface area (TPSA) is 134 Å². The molecule has 0 amide bonds. The van der Waals surface area contributed by atoms with Crippen LogP contribution in [0, 0.1) is 0 Å². The molecule has 0 aliphatic carbocycles. The number of hydrogen-bond donors (Lipinski definition) is 3. The molecule has 1 aromatic heterocycles. The van der Waals surface area contributed by atoms with E-state index in [1.807, 2.05) is 31.2 Å². The maximum atomic E-state index is 12.6. The lowest BCUT2D eigenvalue weighted by Crippen LogP contribution is -2.37. The van der Waals surface area contributed by atoms with E-state index in [0.29, 0.717) is 24.2 Å².